The number of hydrogen-bond acceptors (Lipinski definition) is 4. The summed E-state index contributed by atoms with van der Waals surface area (Å²) in [5, 5.41) is 7.60. The van der Waals surface area contributed by atoms with Gasteiger partial charge in [0.15, 0.2) is 5.96 Å². The fourth-order valence-electron chi connectivity index (χ4n) is 2.17. The van der Waals surface area contributed by atoms with Crippen LogP contribution >= 0.6 is 11.8 Å². The SMILES string of the molecule is CCSC1CCCC1NC1=NCCN1. The van der Waals surface area contributed by atoms with E-state index in [0.717, 1.165) is 24.3 Å². The van der Waals surface area contributed by atoms with Gasteiger partial charge >= 0.3 is 0 Å². The molecule has 1 saturated carbocycles. The van der Waals surface area contributed by atoms with Gasteiger partial charge in [-0.25, -0.2) is 0 Å². The molecule has 1 aliphatic carbocycles. The Morgan fingerprint density at radius 3 is 3.21 bits per heavy atom. The van der Waals surface area contributed by atoms with Gasteiger partial charge in [0.25, 0.3) is 0 Å². The second-order valence-electron chi connectivity index (χ2n) is 3.83. The molecule has 1 aliphatic heterocycles. The van der Waals surface area contributed by atoms with Crippen LogP contribution in [0.4, 0.5) is 0 Å². The van der Waals surface area contributed by atoms with E-state index in [4.69, 9.17) is 0 Å². The normalized spacial score (nSPS) is 31.4. The predicted octanol–water partition coefficient (Wildman–Crippen LogP) is 1.21. The minimum absolute atomic E-state index is 0.643. The molecule has 0 saturated heterocycles. The first-order valence-corrected chi connectivity index (χ1v) is 6.61. The zero-order valence-corrected chi connectivity index (χ0v) is 9.57. The van der Waals surface area contributed by atoms with Gasteiger partial charge in [-0.05, 0) is 18.6 Å². The summed E-state index contributed by atoms with van der Waals surface area (Å²) in [4.78, 5) is 4.38. The Morgan fingerprint density at radius 2 is 2.50 bits per heavy atom. The average molecular weight is 213 g/mol. The smallest absolute Gasteiger partial charge is 0.191 e. The summed E-state index contributed by atoms with van der Waals surface area (Å²) in [6.45, 7) is 4.17. The van der Waals surface area contributed by atoms with Gasteiger partial charge in [0.05, 0.1) is 6.54 Å². The fourth-order valence-corrected chi connectivity index (χ4v) is 3.37. The van der Waals surface area contributed by atoms with Crippen molar-refractivity contribution in [3.8, 4) is 0 Å². The van der Waals surface area contributed by atoms with E-state index in [2.05, 4.69) is 34.3 Å². The molecule has 2 rings (SSSR count). The summed E-state index contributed by atoms with van der Waals surface area (Å²) in [5.41, 5.74) is 0. The molecular formula is C10H19N3S. The van der Waals surface area contributed by atoms with Crippen LogP contribution in [0.1, 0.15) is 26.2 Å². The second kappa shape index (κ2) is 4.91. The maximum Gasteiger partial charge on any atom is 0.191 e. The van der Waals surface area contributed by atoms with Crippen LogP contribution < -0.4 is 10.6 Å². The molecule has 2 N–H and O–H groups in total. The third kappa shape index (κ3) is 2.35. The Labute approximate surface area is 90.1 Å². The molecule has 80 valence electrons. The van der Waals surface area contributed by atoms with Gasteiger partial charge in [0.1, 0.15) is 0 Å². The standard InChI is InChI=1S/C10H19N3S/c1-2-14-9-5-3-4-8(9)13-10-11-6-7-12-10/h8-9H,2-7H2,1H3,(H2,11,12,13). The van der Waals surface area contributed by atoms with Gasteiger partial charge in [-0.3, -0.25) is 4.99 Å². The van der Waals surface area contributed by atoms with Gasteiger partial charge in [-0.1, -0.05) is 13.3 Å². The molecule has 14 heavy (non-hydrogen) atoms. The first kappa shape index (κ1) is 10.1. The van der Waals surface area contributed by atoms with E-state index in [1.807, 2.05) is 0 Å². The zero-order chi connectivity index (χ0) is 9.80. The molecule has 0 amide bonds. The van der Waals surface area contributed by atoms with Crippen molar-refractivity contribution < 1.29 is 0 Å². The quantitative estimate of drug-likeness (QED) is 0.740. The number of nitrogens with zero attached hydrogens (tertiary/aromatic N) is 1. The predicted molar refractivity (Wildman–Crippen MR) is 63.0 cm³/mol. The summed E-state index contributed by atoms with van der Waals surface area (Å²) < 4.78 is 0. The van der Waals surface area contributed by atoms with E-state index in [1.54, 1.807) is 0 Å². The Bertz CT molecular complexity index is 217. The van der Waals surface area contributed by atoms with Crippen LogP contribution in [0, 0.1) is 0 Å². The van der Waals surface area contributed by atoms with Crippen LogP contribution in [0.3, 0.4) is 0 Å². The van der Waals surface area contributed by atoms with Gasteiger partial charge in [-0.2, -0.15) is 11.8 Å². The topological polar surface area (TPSA) is 36.4 Å². The van der Waals surface area contributed by atoms with Crippen LogP contribution in [0.5, 0.6) is 0 Å². The maximum atomic E-state index is 4.38. The molecule has 0 aromatic heterocycles. The van der Waals surface area contributed by atoms with Crippen molar-refractivity contribution in [2.45, 2.75) is 37.5 Å². The van der Waals surface area contributed by atoms with Crippen molar-refractivity contribution >= 4 is 17.7 Å². The Hall–Kier alpha value is -0.380. The monoisotopic (exact) mass is 213 g/mol. The highest BCUT2D eigenvalue weighted by molar-refractivity contribution is 7.99. The second-order valence-corrected chi connectivity index (χ2v) is 5.35. The lowest BCUT2D eigenvalue weighted by Crippen LogP contribution is -2.43. The Balaban J connectivity index is 1.83. The third-order valence-electron chi connectivity index (χ3n) is 2.83. The zero-order valence-electron chi connectivity index (χ0n) is 8.75. The highest BCUT2D eigenvalue weighted by Crippen LogP contribution is 2.29. The molecule has 1 heterocycles. The summed E-state index contributed by atoms with van der Waals surface area (Å²) in [6, 6.07) is 0.643. The van der Waals surface area contributed by atoms with E-state index in [-0.39, 0.29) is 0 Å². The van der Waals surface area contributed by atoms with Crippen LogP contribution in [-0.2, 0) is 0 Å². The molecule has 4 heteroatoms. The number of aliphatic imine (C=N–C) groups is 1. The molecule has 0 aromatic carbocycles. The number of thioether (sulfide) groups is 1. The van der Waals surface area contributed by atoms with Crippen LogP contribution in [0.15, 0.2) is 4.99 Å². The summed E-state index contributed by atoms with van der Waals surface area (Å²) in [7, 11) is 0. The van der Waals surface area contributed by atoms with E-state index in [1.165, 1.54) is 25.0 Å². The molecule has 3 nitrogen and oxygen atoms in total. The third-order valence-corrected chi connectivity index (χ3v) is 4.16. The van der Waals surface area contributed by atoms with Crippen LogP contribution in [-0.4, -0.2) is 36.1 Å². The van der Waals surface area contributed by atoms with Crippen molar-refractivity contribution in [1.29, 1.82) is 0 Å². The van der Waals surface area contributed by atoms with E-state index < -0.39 is 0 Å². The lowest BCUT2D eigenvalue weighted by molar-refractivity contribution is 0.632. The molecule has 1 fully saturated rings. The first-order valence-electron chi connectivity index (χ1n) is 5.56. The van der Waals surface area contributed by atoms with Gasteiger partial charge in [-0.15, -0.1) is 0 Å². The largest absolute Gasteiger partial charge is 0.355 e. The number of hydrogen-bond donors (Lipinski definition) is 2. The van der Waals surface area contributed by atoms with Crippen LogP contribution in [0.25, 0.3) is 0 Å². The Morgan fingerprint density at radius 1 is 1.57 bits per heavy atom. The van der Waals surface area contributed by atoms with E-state index in [9.17, 15) is 0 Å². The van der Waals surface area contributed by atoms with Gasteiger partial charge < -0.3 is 10.6 Å². The molecule has 0 aromatic rings. The number of nitrogens with one attached hydrogen (secondary N) is 2. The maximum absolute atomic E-state index is 4.38. The van der Waals surface area contributed by atoms with Crippen molar-refractivity contribution in [3.05, 3.63) is 0 Å². The van der Waals surface area contributed by atoms with Crippen molar-refractivity contribution in [3.63, 3.8) is 0 Å². The Kier molecular flexibility index (Phi) is 3.56. The van der Waals surface area contributed by atoms with E-state index in [0.29, 0.717) is 6.04 Å². The molecular weight excluding hydrogens is 194 g/mol. The van der Waals surface area contributed by atoms with Crippen molar-refractivity contribution in [1.82, 2.24) is 10.6 Å². The first-order chi connectivity index (χ1) is 6.90. The minimum atomic E-state index is 0.643. The van der Waals surface area contributed by atoms with Crippen molar-refractivity contribution in [2.24, 2.45) is 4.99 Å². The number of guanidine groups is 1. The lowest BCUT2D eigenvalue weighted by atomic mass is 10.2. The summed E-state index contributed by atoms with van der Waals surface area (Å²) in [5.74, 6) is 2.25. The molecule has 2 unspecified atom stereocenters. The van der Waals surface area contributed by atoms with Gasteiger partial charge in [0.2, 0.25) is 0 Å². The van der Waals surface area contributed by atoms with Crippen molar-refractivity contribution in [2.75, 3.05) is 18.8 Å². The summed E-state index contributed by atoms with van der Waals surface area (Å²) >= 11 is 2.09. The molecule has 0 radical (unpaired) electrons. The molecule has 0 spiro atoms. The van der Waals surface area contributed by atoms with Crippen LogP contribution in [0.2, 0.25) is 0 Å². The highest BCUT2D eigenvalue weighted by Gasteiger charge is 2.28. The highest BCUT2D eigenvalue weighted by atomic mass is 32.2. The molecule has 2 aliphatic rings. The minimum Gasteiger partial charge on any atom is -0.355 e. The number of rotatable bonds is 3. The molecule has 2 atom stereocenters. The van der Waals surface area contributed by atoms with Gasteiger partial charge in [0, 0.05) is 17.8 Å². The van der Waals surface area contributed by atoms with E-state index >= 15 is 0 Å². The molecule has 0 bridgehead atoms. The lowest BCUT2D eigenvalue weighted by Gasteiger charge is -2.20. The fraction of sp³-hybridized carbons (Fsp3) is 0.900. The average Bonchev–Trinajstić information content (AvgIpc) is 2.80. The summed E-state index contributed by atoms with van der Waals surface area (Å²) in [6.07, 6.45) is 4.03.